The lowest BCUT2D eigenvalue weighted by Gasteiger charge is -2.26. The summed E-state index contributed by atoms with van der Waals surface area (Å²) >= 11 is 5.13. The molecule has 0 bridgehead atoms. The quantitative estimate of drug-likeness (QED) is 0.421. The minimum atomic E-state index is -0.716. The summed E-state index contributed by atoms with van der Waals surface area (Å²) < 4.78 is 2.35. The standard InChI is InChI=1S/C21H19BrN6O2S/c22-17-18(11-1-3-12(4-2-11)21(29)30)27-20-14(8-26-28(20)19(17)23)13-5-6-15(24-7-13)16-9-31-10-25-16/h5-12H,1-4,23H2,(H,29,30)/t11-,12-. The van der Waals surface area contributed by atoms with Crippen LogP contribution in [0.5, 0.6) is 0 Å². The molecule has 4 aromatic rings. The number of nitrogen functional groups attached to an aromatic ring is 1. The normalized spacial score (nSPS) is 19.0. The first-order valence-electron chi connectivity index (χ1n) is 9.93. The maximum absolute atomic E-state index is 11.3. The van der Waals surface area contributed by atoms with Gasteiger partial charge in [0.2, 0.25) is 0 Å². The van der Waals surface area contributed by atoms with Crippen LogP contribution in [0.25, 0.3) is 28.2 Å². The fourth-order valence-electron chi connectivity index (χ4n) is 4.14. The average molecular weight is 499 g/mol. The zero-order valence-corrected chi connectivity index (χ0v) is 18.8. The lowest BCUT2D eigenvalue weighted by molar-refractivity contribution is -0.142. The number of nitrogens with two attached hydrogens (primary N) is 1. The van der Waals surface area contributed by atoms with E-state index in [1.807, 2.05) is 17.5 Å². The van der Waals surface area contributed by atoms with E-state index in [1.54, 1.807) is 22.4 Å². The first-order chi connectivity index (χ1) is 15.0. The van der Waals surface area contributed by atoms with Crippen molar-refractivity contribution in [3.05, 3.63) is 45.6 Å². The highest BCUT2D eigenvalue weighted by Crippen LogP contribution is 2.40. The Morgan fingerprint density at radius 1 is 1.16 bits per heavy atom. The maximum Gasteiger partial charge on any atom is 0.306 e. The summed E-state index contributed by atoms with van der Waals surface area (Å²) in [5.41, 5.74) is 13.1. The number of carboxylic acids is 1. The maximum atomic E-state index is 11.3. The van der Waals surface area contributed by atoms with Gasteiger partial charge in [-0.05, 0) is 47.7 Å². The van der Waals surface area contributed by atoms with E-state index in [0.717, 1.165) is 45.5 Å². The van der Waals surface area contributed by atoms with E-state index in [4.69, 9.17) is 10.7 Å². The molecular formula is C21H19BrN6O2S. The first kappa shape index (κ1) is 20.1. The van der Waals surface area contributed by atoms with Gasteiger partial charge in [-0.1, -0.05) is 6.07 Å². The van der Waals surface area contributed by atoms with Crippen molar-refractivity contribution in [2.75, 3.05) is 5.73 Å². The Labute approximate surface area is 190 Å². The van der Waals surface area contributed by atoms with E-state index in [-0.39, 0.29) is 11.8 Å². The molecule has 1 aliphatic carbocycles. The molecule has 5 rings (SSSR count). The molecule has 31 heavy (non-hydrogen) atoms. The molecule has 0 radical (unpaired) electrons. The zero-order valence-electron chi connectivity index (χ0n) is 16.4. The van der Waals surface area contributed by atoms with E-state index in [1.165, 1.54) is 11.3 Å². The van der Waals surface area contributed by atoms with E-state index in [0.29, 0.717) is 24.3 Å². The molecule has 1 saturated carbocycles. The molecule has 0 saturated heterocycles. The van der Waals surface area contributed by atoms with Crippen LogP contribution in [0.1, 0.15) is 37.3 Å². The number of thiazole rings is 1. The second kappa shape index (κ2) is 8.01. The first-order valence-corrected chi connectivity index (χ1v) is 11.7. The van der Waals surface area contributed by atoms with Crippen molar-refractivity contribution < 1.29 is 9.90 Å². The molecule has 0 atom stereocenters. The van der Waals surface area contributed by atoms with Gasteiger partial charge >= 0.3 is 5.97 Å². The molecule has 0 amide bonds. The molecule has 1 fully saturated rings. The second-order valence-corrected chi connectivity index (χ2v) is 9.19. The fraction of sp³-hybridized carbons (Fsp3) is 0.286. The van der Waals surface area contributed by atoms with Gasteiger partial charge in [0.05, 0.1) is 39.2 Å². The van der Waals surface area contributed by atoms with Crippen LogP contribution in [0.3, 0.4) is 0 Å². The third-order valence-electron chi connectivity index (χ3n) is 5.88. The van der Waals surface area contributed by atoms with Crippen LogP contribution in [-0.2, 0) is 4.79 Å². The molecule has 0 aliphatic heterocycles. The number of carbonyl (C=O) groups is 1. The highest BCUT2D eigenvalue weighted by Gasteiger charge is 2.30. The monoisotopic (exact) mass is 498 g/mol. The molecule has 4 aromatic heterocycles. The predicted molar refractivity (Wildman–Crippen MR) is 122 cm³/mol. The van der Waals surface area contributed by atoms with Gasteiger partial charge in [-0.2, -0.15) is 9.61 Å². The fourth-order valence-corrected chi connectivity index (χ4v) is 5.27. The van der Waals surface area contributed by atoms with Gasteiger partial charge in [-0.3, -0.25) is 9.78 Å². The minimum Gasteiger partial charge on any atom is -0.481 e. The van der Waals surface area contributed by atoms with Gasteiger partial charge in [0.1, 0.15) is 5.82 Å². The Bertz CT molecular complexity index is 1250. The Hall–Kier alpha value is -2.85. The molecule has 0 spiro atoms. The molecule has 10 heteroatoms. The van der Waals surface area contributed by atoms with E-state index >= 15 is 0 Å². The zero-order chi connectivity index (χ0) is 21.5. The van der Waals surface area contributed by atoms with Gasteiger partial charge in [-0.15, -0.1) is 11.3 Å². The van der Waals surface area contributed by atoms with Crippen LogP contribution >= 0.6 is 27.3 Å². The van der Waals surface area contributed by atoms with Crippen molar-refractivity contribution in [3.8, 4) is 22.5 Å². The highest BCUT2D eigenvalue weighted by molar-refractivity contribution is 9.10. The SMILES string of the molecule is Nc1c(Br)c([C@H]2CC[C@H](C(=O)O)CC2)nc2c(-c3ccc(-c4cscn4)nc3)cnn12. The molecule has 0 unspecified atom stereocenters. The van der Waals surface area contributed by atoms with Crippen LogP contribution in [-0.4, -0.2) is 35.6 Å². The molecule has 1 aliphatic rings. The van der Waals surface area contributed by atoms with Gasteiger partial charge in [0.25, 0.3) is 0 Å². The third kappa shape index (κ3) is 3.59. The highest BCUT2D eigenvalue weighted by atomic mass is 79.9. The summed E-state index contributed by atoms with van der Waals surface area (Å²) in [4.78, 5) is 25.1. The molecule has 0 aromatic carbocycles. The number of nitrogens with zero attached hydrogens (tertiary/aromatic N) is 5. The average Bonchev–Trinajstić information content (AvgIpc) is 3.47. The third-order valence-corrected chi connectivity index (χ3v) is 7.28. The van der Waals surface area contributed by atoms with Crippen molar-refractivity contribution >= 4 is 44.7 Å². The predicted octanol–water partition coefficient (Wildman–Crippen LogP) is 4.62. The van der Waals surface area contributed by atoms with Gasteiger partial charge in [-0.25, -0.2) is 9.97 Å². The number of carboxylic acid groups (broad SMARTS) is 1. The van der Waals surface area contributed by atoms with Gasteiger partial charge < -0.3 is 10.8 Å². The van der Waals surface area contributed by atoms with Crippen molar-refractivity contribution in [3.63, 3.8) is 0 Å². The minimum absolute atomic E-state index is 0.158. The number of aliphatic carboxylic acids is 1. The van der Waals surface area contributed by atoms with E-state index in [2.05, 4.69) is 31.0 Å². The van der Waals surface area contributed by atoms with Crippen molar-refractivity contribution in [2.45, 2.75) is 31.6 Å². The van der Waals surface area contributed by atoms with Crippen LogP contribution in [0.4, 0.5) is 5.82 Å². The lowest BCUT2D eigenvalue weighted by atomic mass is 9.80. The van der Waals surface area contributed by atoms with Crippen molar-refractivity contribution in [1.82, 2.24) is 24.6 Å². The number of rotatable bonds is 4. The number of hydrogen-bond acceptors (Lipinski definition) is 7. The molecule has 158 valence electrons. The summed E-state index contributed by atoms with van der Waals surface area (Å²) in [5.74, 6) is -0.347. The number of pyridine rings is 1. The molecule has 3 N–H and O–H groups in total. The number of anilines is 1. The van der Waals surface area contributed by atoms with Crippen LogP contribution < -0.4 is 5.73 Å². The Kier molecular flexibility index (Phi) is 5.19. The second-order valence-electron chi connectivity index (χ2n) is 7.68. The Balaban J connectivity index is 1.52. The largest absolute Gasteiger partial charge is 0.481 e. The molecular weight excluding hydrogens is 480 g/mol. The Morgan fingerprint density at radius 3 is 2.61 bits per heavy atom. The summed E-state index contributed by atoms with van der Waals surface area (Å²) in [6, 6.07) is 3.92. The summed E-state index contributed by atoms with van der Waals surface area (Å²) in [6.07, 6.45) is 6.37. The van der Waals surface area contributed by atoms with E-state index < -0.39 is 5.97 Å². The van der Waals surface area contributed by atoms with Gasteiger partial charge in [0.15, 0.2) is 5.65 Å². The number of aromatic nitrogens is 5. The summed E-state index contributed by atoms with van der Waals surface area (Å²) in [7, 11) is 0. The topological polar surface area (TPSA) is 119 Å². The van der Waals surface area contributed by atoms with Crippen LogP contribution in [0, 0.1) is 5.92 Å². The van der Waals surface area contributed by atoms with Crippen molar-refractivity contribution in [2.24, 2.45) is 5.92 Å². The number of halogens is 1. The lowest BCUT2D eigenvalue weighted by Crippen LogP contribution is -2.21. The summed E-state index contributed by atoms with van der Waals surface area (Å²) in [6.45, 7) is 0. The molecule has 4 heterocycles. The smallest absolute Gasteiger partial charge is 0.306 e. The summed E-state index contributed by atoms with van der Waals surface area (Å²) in [5, 5.41) is 15.7. The van der Waals surface area contributed by atoms with Crippen LogP contribution in [0.2, 0.25) is 0 Å². The molecule has 8 nitrogen and oxygen atoms in total. The van der Waals surface area contributed by atoms with Gasteiger partial charge in [0, 0.05) is 28.6 Å². The number of fused-ring (bicyclic) bond motifs is 1. The number of hydrogen-bond donors (Lipinski definition) is 2. The van der Waals surface area contributed by atoms with Crippen LogP contribution in [0.15, 0.2) is 39.9 Å². The Morgan fingerprint density at radius 2 is 1.97 bits per heavy atom. The van der Waals surface area contributed by atoms with Crippen molar-refractivity contribution in [1.29, 1.82) is 0 Å². The van der Waals surface area contributed by atoms with E-state index in [9.17, 15) is 9.90 Å².